The van der Waals surface area contributed by atoms with Gasteiger partial charge < -0.3 is 10.2 Å². The number of sulfonamides is 1. The van der Waals surface area contributed by atoms with Crippen LogP contribution in [0.1, 0.15) is 4.88 Å². The van der Waals surface area contributed by atoms with Crippen LogP contribution in [-0.4, -0.2) is 55.8 Å². The molecule has 26 heavy (non-hydrogen) atoms. The summed E-state index contributed by atoms with van der Waals surface area (Å²) in [5.74, 6) is 0. The van der Waals surface area contributed by atoms with Crippen LogP contribution in [-0.2, 0) is 16.6 Å². The molecular formula is C16H20N4O4S2. The van der Waals surface area contributed by atoms with Gasteiger partial charge in [0.1, 0.15) is 5.69 Å². The standard InChI is InChI=1S/C16H20N4O4S2/c1-18-6-8-19(9-7-18)26(23,24)14-4-5-15(16(11-14)20(21)22)17-12-13-3-2-10-25-13/h2-5,10-11,17H,6-9,12H2,1H3. The first-order valence-corrected chi connectivity index (χ1v) is 10.4. The van der Waals surface area contributed by atoms with Gasteiger partial charge in [0.25, 0.3) is 5.69 Å². The number of hydrogen-bond donors (Lipinski definition) is 1. The largest absolute Gasteiger partial charge is 0.375 e. The van der Waals surface area contributed by atoms with Crippen LogP contribution >= 0.6 is 11.3 Å². The van der Waals surface area contributed by atoms with E-state index in [9.17, 15) is 18.5 Å². The molecule has 10 heteroatoms. The van der Waals surface area contributed by atoms with Crippen LogP contribution in [0, 0.1) is 10.1 Å². The number of hydrogen-bond acceptors (Lipinski definition) is 7. The molecule has 140 valence electrons. The van der Waals surface area contributed by atoms with Crippen molar-refractivity contribution in [2.75, 3.05) is 38.5 Å². The molecule has 1 N–H and O–H groups in total. The molecule has 8 nitrogen and oxygen atoms in total. The van der Waals surface area contributed by atoms with Crippen molar-refractivity contribution in [3.05, 3.63) is 50.7 Å². The van der Waals surface area contributed by atoms with Crippen molar-refractivity contribution in [3.8, 4) is 0 Å². The second kappa shape index (κ2) is 7.70. The van der Waals surface area contributed by atoms with E-state index in [2.05, 4.69) is 5.32 Å². The quantitative estimate of drug-likeness (QED) is 0.594. The van der Waals surface area contributed by atoms with E-state index in [1.54, 1.807) is 11.3 Å². The Bertz CT molecular complexity index is 876. The predicted molar refractivity (Wildman–Crippen MR) is 101 cm³/mol. The van der Waals surface area contributed by atoms with Gasteiger partial charge in [-0.1, -0.05) is 6.07 Å². The highest BCUT2D eigenvalue weighted by molar-refractivity contribution is 7.89. The topological polar surface area (TPSA) is 95.8 Å². The molecule has 0 amide bonds. The fourth-order valence-corrected chi connectivity index (χ4v) is 4.83. The molecule has 2 heterocycles. The minimum atomic E-state index is -3.74. The molecule has 1 aliphatic rings. The third-order valence-corrected chi connectivity index (χ3v) is 7.07. The minimum Gasteiger partial charge on any atom is -0.375 e. The van der Waals surface area contributed by atoms with Crippen LogP contribution < -0.4 is 5.32 Å². The Kier molecular flexibility index (Phi) is 5.56. The lowest BCUT2D eigenvalue weighted by molar-refractivity contribution is -0.384. The zero-order chi connectivity index (χ0) is 18.7. The lowest BCUT2D eigenvalue weighted by Gasteiger charge is -2.31. The third kappa shape index (κ3) is 4.04. The van der Waals surface area contributed by atoms with E-state index < -0.39 is 14.9 Å². The van der Waals surface area contributed by atoms with Crippen molar-refractivity contribution in [1.82, 2.24) is 9.21 Å². The number of likely N-dealkylation sites (N-methyl/N-ethyl adjacent to an activating group) is 1. The normalized spacial score (nSPS) is 16.5. The smallest absolute Gasteiger partial charge is 0.293 e. The number of piperazine rings is 1. The zero-order valence-corrected chi connectivity index (χ0v) is 15.9. The molecule has 0 aliphatic carbocycles. The van der Waals surface area contributed by atoms with E-state index >= 15 is 0 Å². The van der Waals surface area contributed by atoms with Crippen LogP contribution in [0.3, 0.4) is 0 Å². The molecule has 0 radical (unpaired) electrons. The third-order valence-electron chi connectivity index (χ3n) is 4.30. The molecule has 1 fully saturated rings. The summed E-state index contributed by atoms with van der Waals surface area (Å²) in [6, 6.07) is 7.87. The van der Waals surface area contributed by atoms with Crippen molar-refractivity contribution >= 4 is 32.7 Å². The Morgan fingerprint density at radius 3 is 2.58 bits per heavy atom. The van der Waals surface area contributed by atoms with Gasteiger partial charge in [0.05, 0.1) is 9.82 Å². The first kappa shape index (κ1) is 18.8. The number of rotatable bonds is 6. The average Bonchev–Trinajstić information content (AvgIpc) is 3.13. The minimum absolute atomic E-state index is 0.0459. The van der Waals surface area contributed by atoms with Crippen LogP contribution in [0.5, 0.6) is 0 Å². The summed E-state index contributed by atoms with van der Waals surface area (Å²) >= 11 is 1.54. The molecule has 2 aromatic rings. The Balaban J connectivity index is 1.84. The van der Waals surface area contributed by atoms with E-state index in [4.69, 9.17) is 0 Å². The number of benzene rings is 1. The summed E-state index contributed by atoms with van der Waals surface area (Å²) in [4.78, 5) is 13.9. The molecular weight excluding hydrogens is 376 g/mol. The number of nitro benzene ring substituents is 1. The molecule has 3 rings (SSSR count). The predicted octanol–water partition coefficient (Wildman–Crippen LogP) is 2.20. The van der Waals surface area contributed by atoms with Crippen molar-refractivity contribution in [2.24, 2.45) is 0 Å². The molecule has 1 aromatic heterocycles. The molecule has 0 unspecified atom stereocenters. The molecule has 0 saturated carbocycles. The average molecular weight is 396 g/mol. The van der Waals surface area contributed by atoms with Gasteiger partial charge in [0.2, 0.25) is 10.0 Å². The Hall–Kier alpha value is -2.01. The summed E-state index contributed by atoms with van der Waals surface area (Å²) < 4.78 is 27.0. The lowest BCUT2D eigenvalue weighted by atomic mass is 10.2. The van der Waals surface area contributed by atoms with Crippen LogP contribution in [0.25, 0.3) is 0 Å². The van der Waals surface area contributed by atoms with Gasteiger partial charge in [0.15, 0.2) is 0 Å². The lowest BCUT2D eigenvalue weighted by Crippen LogP contribution is -2.47. The summed E-state index contributed by atoms with van der Waals surface area (Å²) in [6.45, 7) is 2.49. The van der Waals surface area contributed by atoms with Crippen molar-refractivity contribution < 1.29 is 13.3 Å². The number of nitrogens with zero attached hydrogens (tertiary/aromatic N) is 3. The maximum atomic E-state index is 12.8. The first-order chi connectivity index (χ1) is 12.4. The fourth-order valence-electron chi connectivity index (χ4n) is 2.75. The van der Waals surface area contributed by atoms with E-state index in [1.807, 2.05) is 29.5 Å². The molecule has 0 bridgehead atoms. The highest BCUT2D eigenvalue weighted by Crippen LogP contribution is 2.30. The Morgan fingerprint density at radius 2 is 1.96 bits per heavy atom. The highest BCUT2D eigenvalue weighted by atomic mass is 32.2. The molecule has 1 aromatic carbocycles. The zero-order valence-electron chi connectivity index (χ0n) is 14.3. The van der Waals surface area contributed by atoms with Gasteiger partial charge in [0, 0.05) is 43.7 Å². The molecule has 0 spiro atoms. The fraction of sp³-hybridized carbons (Fsp3) is 0.375. The van der Waals surface area contributed by atoms with Crippen molar-refractivity contribution in [3.63, 3.8) is 0 Å². The van der Waals surface area contributed by atoms with E-state index in [1.165, 1.54) is 16.4 Å². The van der Waals surface area contributed by atoms with Crippen LogP contribution in [0.4, 0.5) is 11.4 Å². The number of thiophene rings is 1. The second-order valence-electron chi connectivity index (χ2n) is 6.08. The summed E-state index contributed by atoms with van der Waals surface area (Å²) in [7, 11) is -1.81. The summed E-state index contributed by atoms with van der Waals surface area (Å²) in [5, 5.41) is 16.4. The van der Waals surface area contributed by atoms with Gasteiger partial charge in [-0.15, -0.1) is 11.3 Å². The highest BCUT2D eigenvalue weighted by Gasteiger charge is 2.29. The Morgan fingerprint density at radius 1 is 1.23 bits per heavy atom. The first-order valence-electron chi connectivity index (χ1n) is 8.11. The summed E-state index contributed by atoms with van der Waals surface area (Å²) in [6.07, 6.45) is 0. The van der Waals surface area contributed by atoms with E-state index in [0.29, 0.717) is 38.4 Å². The molecule has 1 saturated heterocycles. The van der Waals surface area contributed by atoms with Gasteiger partial charge in [-0.3, -0.25) is 10.1 Å². The van der Waals surface area contributed by atoms with Gasteiger partial charge in [-0.25, -0.2) is 8.42 Å². The SMILES string of the molecule is CN1CCN(S(=O)(=O)c2ccc(NCc3cccs3)c([N+](=O)[O-])c2)CC1. The monoisotopic (exact) mass is 396 g/mol. The van der Waals surface area contributed by atoms with Gasteiger partial charge in [-0.2, -0.15) is 4.31 Å². The maximum Gasteiger partial charge on any atom is 0.293 e. The van der Waals surface area contributed by atoms with Crippen LogP contribution in [0.2, 0.25) is 0 Å². The van der Waals surface area contributed by atoms with E-state index in [0.717, 1.165) is 10.9 Å². The second-order valence-corrected chi connectivity index (χ2v) is 9.05. The summed E-state index contributed by atoms with van der Waals surface area (Å²) in [5.41, 5.74) is 0.0671. The molecule has 1 aliphatic heterocycles. The van der Waals surface area contributed by atoms with Crippen LogP contribution in [0.15, 0.2) is 40.6 Å². The van der Waals surface area contributed by atoms with E-state index in [-0.39, 0.29) is 10.6 Å². The maximum absolute atomic E-state index is 12.8. The van der Waals surface area contributed by atoms with Gasteiger partial charge in [-0.05, 0) is 30.6 Å². The van der Waals surface area contributed by atoms with Crippen molar-refractivity contribution in [1.29, 1.82) is 0 Å². The number of nitro groups is 1. The Labute approximate surface area is 156 Å². The number of nitrogens with one attached hydrogen (secondary N) is 1. The molecule has 0 atom stereocenters. The number of anilines is 1. The van der Waals surface area contributed by atoms with Gasteiger partial charge >= 0.3 is 0 Å². The van der Waals surface area contributed by atoms with Crippen molar-refractivity contribution in [2.45, 2.75) is 11.4 Å².